The lowest BCUT2D eigenvalue weighted by Crippen LogP contribution is -2.25. The van der Waals surface area contributed by atoms with Gasteiger partial charge in [-0.2, -0.15) is 19.0 Å². The van der Waals surface area contributed by atoms with E-state index < -0.39 is 11.9 Å². The molecule has 0 saturated heterocycles. The summed E-state index contributed by atoms with van der Waals surface area (Å²) in [4.78, 5) is 20.8. The van der Waals surface area contributed by atoms with Gasteiger partial charge < -0.3 is 5.32 Å². The Morgan fingerprint density at radius 3 is 2.62 bits per heavy atom. The number of halogens is 2. The number of hydrogen-bond acceptors (Lipinski definition) is 6. The predicted octanol–water partition coefficient (Wildman–Crippen LogP) is 3.27. The monoisotopic (exact) mass is 351 g/mol. The average Bonchev–Trinajstić information content (AvgIpc) is 2.89. The highest BCUT2D eigenvalue weighted by atomic mass is 32.1. The maximum Gasteiger partial charge on any atom is 0.271 e. The summed E-state index contributed by atoms with van der Waals surface area (Å²) in [6.07, 6.45) is 3.61. The third kappa shape index (κ3) is 4.02. The van der Waals surface area contributed by atoms with E-state index in [0.717, 1.165) is 41.2 Å². The third-order valence-corrected chi connectivity index (χ3v) is 4.07. The molecular formula is C15H15F2N5OS. The number of unbranched alkanes of at least 4 members (excludes halogenated alkanes) is 1. The molecule has 0 atom stereocenters. The minimum atomic E-state index is -1.05. The molecule has 0 fully saturated rings. The van der Waals surface area contributed by atoms with Crippen LogP contribution in [0.2, 0.25) is 0 Å². The van der Waals surface area contributed by atoms with Crippen molar-refractivity contribution in [1.82, 2.24) is 15.3 Å². The second-order valence-electron chi connectivity index (χ2n) is 4.92. The number of nitriles is 1. The summed E-state index contributed by atoms with van der Waals surface area (Å²) in [7, 11) is 0. The number of carbonyl (C=O) groups excluding carboxylic acids is 1. The highest BCUT2D eigenvalue weighted by Gasteiger charge is 2.21. The first kappa shape index (κ1) is 17.7. The second-order valence-corrected chi connectivity index (χ2v) is 6.10. The van der Waals surface area contributed by atoms with E-state index in [-0.39, 0.29) is 22.4 Å². The molecule has 2 aromatic heterocycles. The quantitative estimate of drug-likeness (QED) is 0.374. The van der Waals surface area contributed by atoms with Crippen molar-refractivity contribution >= 4 is 28.1 Å². The first-order valence-corrected chi connectivity index (χ1v) is 8.06. The summed E-state index contributed by atoms with van der Waals surface area (Å²) >= 11 is 1.09. The summed E-state index contributed by atoms with van der Waals surface area (Å²) in [6.45, 7) is 4.24. The fraction of sp³-hybridized carbons (Fsp3) is 0.333. The molecule has 0 aliphatic carbocycles. The van der Waals surface area contributed by atoms with Gasteiger partial charge in [0.2, 0.25) is 17.0 Å². The number of anilines is 2. The maximum atomic E-state index is 13.3. The van der Waals surface area contributed by atoms with Gasteiger partial charge in [-0.3, -0.25) is 4.79 Å². The lowest BCUT2D eigenvalue weighted by molar-refractivity contribution is 0.0948. The maximum absolute atomic E-state index is 13.3. The van der Waals surface area contributed by atoms with Crippen LogP contribution >= 0.6 is 11.3 Å². The first-order valence-electron chi connectivity index (χ1n) is 7.24. The molecule has 0 aromatic carbocycles. The minimum absolute atomic E-state index is 0.0470. The summed E-state index contributed by atoms with van der Waals surface area (Å²) in [5, 5.41) is 12.2. The molecule has 0 saturated carbocycles. The van der Waals surface area contributed by atoms with Crippen molar-refractivity contribution in [2.75, 3.05) is 11.4 Å². The van der Waals surface area contributed by atoms with E-state index in [1.165, 1.54) is 0 Å². The molecule has 6 nitrogen and oxygen atoms in total. The van der Waals surface area contributed by atoms with Crippen molar-refractivity contribution in [2.45, 2.75) is 26.7 Å². The molecule has 0 unspecified atom stereocenters. The molecule has 0 spiro atoms. The van der Waals surface area contributed by atoms with Gasteiger partial charge in [-0.15, -0.1) is 11.3 Å². The van der Waals surface area contributed by atoms with Gasteiger partial charge in [-0.25, -0.2) is 9.88 Å². The van der Waals surface area contributed by atoms with E-state index in [2.05, 4.69) is 15.3 Å². The standard InChI is InChI=1S/C15H15F2N5OS/c1-3-4-5-19-14(23)13-9(2)24-15(21-13)22(8-18)10-6-11(16)20-12(17)7-10/h6-7H,3-5H2,1-2H3,(H,19,23). The SMILES string of the molecule is CCCCNC(=O)c1nc(N(C#N)c2cc(F)nc(F)c2)sc1C. The molecule has 1 N–H and O–H groups in total. The van der Waals surface area contributed by atoms with Crippen molar-refractivity contribution in [2.24, 2.45) is 0 Å². The van der Waals surface area contributed by atoms with Crippen LogP contribution in [-0.4, -0.2) is 22.4 Å². The largest absolute Gasteiger partial charge is 0.351 e. The number of pyridine rings is 1. The Balaban J connectivity index is 2.29. The number of carbonyl (C=O) groups is 1. The van der Waals surface area contributed by atoms with Gasteiger partial charge in [0.15, 0.2) is 6.19 Å². The van der Waals surface area contributed by atoms with Gasteiger partial charge in [0.25, 0.3) is 5.91 Å². The molecule has 24 heavy (non-hydrogen) atoms. The van der Waals surface area contributed by atoms with Gasteiger partial charge in [0.1, 0.15) is 5.69 Å². The topological polar surface area (TPSA) is 81.9 Å². The van der Waals surface area contributed by atoms with Gasteiger partial charge in [0, 0.05) is 23.6 Å². The van der Waals surface area contributed by atoms with Crippen LogP contribution in [0.1, 0.15) is 35.1 Å². The van der Waals surface area contributed by atoms with Crippen LogP contribution < -0.4 is 10.2 Å². The summed E-state index contributed by atoms with van der Waals surface area (Å²) in [5.41, 5.74) is 0.149. The molecule has 2 aromatic rings. The van der Waals surface area contributed by atoms with E-state index >= 15 is 0 Å². The summed E-state index contributed by atoms with van der Waals surface area (Å²) in [5.74, 6) is -2.43. The Bertz CT molecular complexity index is 766. The van der Waals surface area contributed by atoms with Crippen molar-refractivity contribution in [3.05, 3.63) is 34.6 Å². The number of hydrogen-bond donors (Lipinski definition) is 1. The van der Waals surface area contributed by atoms with Crippen LogP contribution in [0.15, 0.2) is 12.1 Å². The predicted molar refractivity (Wildman–Crippen MR) is 86.0 cm³/mol. The Kier molecular flexibility index (Phi) is 5.76. The Morgan fingerprint density at radius 1 is 1.38 bits per heavy atom. The van der Waals surface area contributed by atoms with Crippen molar-refractivity contribution < 1.29 is 13.6 Å². The average molecular weight is 351 g/mol. The zero-order valence-electron chi connectivity index (χ0n) is 13.1. The summed E-state index contributed by atoms with van der Waals surface area (Å²) in [6, 6.07) is 1.84. The van der Waals surface area contributed by atoms with Crippen LogP contribution in [0.3, 0.4) is 0 Å². The van der Waals surface area contributed by atoms with Gasteiger partial charge in [-0.05, 0) is 13.3 Å². The smallest absolute Gasteiger partial charge is 0.271 e. The highest BCUT2D eigenvalue weighted by Crippen LogP contribution is 2.31. The van der Waals surface area contributed by atoms with Crippen LogP contribution in [0.5, 0.6) is 0 Å². The molecule has 0 aliphatic rings. The van der Waals surface area contributed by atoms with E-state index in [0.29, 0.717) is 11.4 Å². The molecule has 2 heterocycles. The molecule has 9 heteroatoms. The molecule has 2 rings (SSSR count). The van der Waals surface area contributed by atoms with Crippen molar-refractivity contribution in [3.8, 4) is 6.19 Å². The highest BCUT2D eigenvalue weighted by molar-refractivity contribution is 7.16. The normalized spacial score (nSPS) is 10.3. The number of rotatable bonds is 6. The third-order valence-electron chi connectivity index (χ3n) is 3.11. The van der Waals surface area contributed by atoms with Gasteiger partial charge in [-0.1, -0.05) is 13.3 Å². The van der Waals surface area contributed by atoms with Crippen LogP contribution in [-0.2, 0) is 0 Å². The number of aryl methyl sites for hydroxylation is 1. The van der Waals surface area contributed by atoms with E-state index in [1.54, 1.807) is 6.92 Å². The number of nitrogens with one attached hydrogen (secondary N) is 1. The zero-order valence-corrected chi connectivity index (χ0v) is 14.0. The van der Waals surface area contributed by atoms with Crippen molar-refractivity contribution in [1.29, 1.82) is 5.26 Å². The van der Waals surface area contributed by atoms with E-state index in [1.807, 2.05) is 13.1 Å². The molecule has 0 radical (unpaired) electrons. The molecule has 126 valence electrons. The lowest BCUT2D eigenvalue weighted by Gasteiger charge is -2.11. The summed E-state index contributed by atoms with van der Waals surface area (Å²) < 4.78 is 26.5. The number of thiazole rings is 1. The Labute approximate surface area is 141 Å². The van der Waals surface area contributed by atoms with Crippen LogP contribution in [0, 0.1) is 30.3 Å². The molecule has 0 bridgehead atoms. The Hall–Kier alpha value is -2.60. The Morgan fingerprint density at radius 2 is 2.04 bits per heavy atom. The van der Waals surface area contributed by atoms with E-state index in [4.69, 9.17) is 0 Å². The van der Waals surface area contributed by atoms with Gasteiger partial charge in [0.05, 0.1) is 5.69 Å². The minimum Gasteiger partial charge on any atom is -0.351 e. The number of nitrogens with zero attached hydrogens (tertiary/aromatic N) is 4. The van der Waals surface area contributed by atoms with E-state index in [9.17, 15) is 18.8 Å². The van der Waals surface area contributed by atoms with Crippen LogP contribution in [0.25, 0.3) is 0 Å². The van der Waals surface area contributed by atoms with Crippen LogP contribution in [0.4, 0.5) is 19.6 Å². The second kappa shape index (κ2) is 7.79. The fourth-order valence-corrected chi connectivity index (χ4v) is 2.83. The van der Waals surface area contributed by atoms with Gasteiger partial charge >= 0.3 is 0 Å². The zero-order chi connectivity index (χ0) is 17.7. The molecule has 1 amide bonds. The molecular weight excluding hydrogens is 336 g/mol. The number of aromatic nitrogens is 2. The number of amides is 1. The fourth-order valence-electron chi connectivity index (χ4n) is 1.94. The first-order chi connectivity index (χ1) is 11.5. The lowest BCUT2D eigenvalue weighted by atomic mass is 10.3. The molecule has 0 aliphatic heterocycles. The van der Waals surface area contributed by atoms with Crippen molar-refractivity contribution in [3.63, 3.8) is 0 Å².